The number of hydrogen-bond acceptors (Lipinski definition) is 3. The molecule has 10 heteroatoms. The molecule has 0 radical (unpaired) electrons. The number of nitrogens with zero attached hydrogens (tertiary/aromatic N) is 1. The van der Waals surface area contributed by atoms with Gasteiger partial charge in [-0.05, 0) is 43.5 Å². The van der Waals surface area contributed by atoms with E-state index in [2.05, 4.69) is 0 Å². The fraction of sp³-hybridized carbons (Fsp3) is 0.538. The number of hydrogen-bond donors (Lipinski definition) is 1. The number of nitrogens with two attached hydrogens (primary N) is 1. The van der Waals surface area contributed by atoms with Crippen LogP contribution in [-0.2, 0) is 16.2 Å². The van der Waals surface area contributed by atoms with E-state index in [1.165, 1.54) is 0 Å². The molecule has 1 aliphatic heterocycles. The highest BCUT2D eigenvalue weighted by Gasteiger charge is 2.36. The topological polar surface area (TPSA) is 63.4 Å². The lowest BCUT2D eigenvalue weighted by molar-refractivity contribution is -0.140. The fourth-order valence-electron chi connectivity index (χ4n) is 2.42. The molecule has 2 rings (SSSR count). The van der Waals surface area contributed by atoms with Gasteiger partial charge in [0.2, 0.25) is 10.0 Å². The predicted octanol–water partition coefficient (Wildman–Crippen LogP) is 2.63. The number of alkyl halides is 3. The quantitative estimate of drug-likeness (QED) is 0.825. The molecule has 1 aromatic carbocycles. The summed E-state index contributed by atoms with van der Waals surface area (Å²) < 4.78 is 77.2. The van der Waals surface area contributed by atoms with Gasteiger partial charge in [-0.2, -0.15) is 17.5 Å². The van der Waals surface area contributed by atoms with E-state index in [0.29, 0.717) is 31.5 Å². The highest BCUT2D eigenvalue weighted by atomic mass is 35.5. The first-order chi connectivity index (χ1) is 10.2. The van der Waals surface area contributed by atoms with Gasteiger partial charge in [-0.15, -0.1) is 12.4 Å². The Kier molecular flexibility index (Phi) is 6.42. The van der Waals surface area contributed by atoms with Crippen molar-refractivity contribution in [3.63, 3.8) is 0 Å². The summed E-state index contributed by atoms with van der Waals surface area (Å²) in [5, 5.41) is 0. The summed E-state index contributed by atoms with van der Waals surface area (Å²) in [6, 6.07) is 1.73. The lowest BCUT2D eigenvalue weighted by atomic mass is 9.99. The first kappa shape index (κ1) is 20.1. The minimum atomic E-state index is -4.94. The third-order valence-electron chi connectivity index (χ3n) is 3.79. The van der Waals surface area contributed by atoms with Crippen molar-refractivity contribution in [1.82, 2.24) is 4.31 Å². The highest BCUT2D eigenvalue weighted by molar-refractivity contribution is 7.89. The van der Waals surface area contributed by atoms with Crippen molar-refractivity contribution in [2.75, 3.05) is 19.6 Å². The molecule has 23 heavy (non-hydrogen) atoms. The van der Waals surface area contributed by atoms with E-state index in [4.69, 9.17) is 5.73 Å². The molecule has 0 aromatic heterocycles. The van der Waals surface area contributed by atoms with Crippen LogP contribution in [0, 0.1) is 11.7 Å². The Hall–Kier alpha value is -0.900. The minimum Gasteiger partial charge on any atom is -0.330 e. The Morgan fingerprint density at radius 3 is 2.26 bits per heavy atom. The standard InChI is InChI=1S/C13H16F4N2O2S.ClH/c14-12-2-1-10(7-11(12)13(15,16)17)22(20,21)19-5-3-9(8-18)4-6-19;/h1-2,7,9H,3-6,8,18H2;1H. The molecule has 0 amide bonds. The molecule has 0 spiro atoms. The van der Waals surface area contributed by atoms with Crippen LogP contribution in [0.4, 0.5) is 17.6 Å². The van der Waals surface area contributed by atoms with Gasteiger partial charge in [0.05, 0.1) is 10.5 Å². The maximum absolute atomic E-state index is 13.3. The van der Waals surface area contributed by atoms with E-state index in [1.807, 2.05) is 0 Å². The Morgan fingerprint density at radius 2 is 1.78 bits per heavy atom. The zero-order valence-electron chi connectivity index (χ0n) is 12.0. The number of rotatable bonds is 3. The van der Waals surface area contributed by atoms with Gasteiger partial charge in [0.15, 0.2) is 0 Å². The van der Waals surface area contributed by atoms with Crippen LogP contribution >= 0.6 is 12.4 Å². The van der Waals surface area contributed by atoms with E-state index in [9.17, 15) is 26.0 Å². The molecule has 0 saturated carbocycles. The second-order valence-electron chi connectivity index (χ2n) is 5.22. The summed E-state index contributed by atoms with van der Waals surface area (Å²) in [6.07, 6.45) is -3.83. The molecule has 0 atom stereocenters. The zero-order valence-corrected chi connectivity index (χ0v) is 13.6. The van der Waals surface area contributed by atoms with Crippen LogP contribution in [0.1, 0.15) is 18.4 Å². The summed E-state index contributed by atoms with van der Waals surface area (Å²) in [5.41, 5.74) is 3.94. The third-order valence-corrected chi connectivity index (χ3v) is 5.68. The predicted molar refractivity (Wildman–Crippen MR) is 79.2 cm³/mol. The van der Waals surface area contributed by atoms with Gasteiger partial charge in [0, 0.05) is 13.1 Å². The zero-order chi connectivity index (χ0) is 16.5. The van der Waals surface area contributed by atoms with Gasteiger partial charge in [0.25, 0.3) is 0 Å². The number of halogens is 5. The molecule has 132 valence electrons. The molecule has 1 heterocycles. The molecule has 1 aliphatic rings. The molecule has 1 fully saturated rings. The maximum atomic E-state index is 13.3. The fourth-order valence-corrected chi connectivity index (χ4v) is 3.91. The number of sulfonamides is 1. The van der Waals surface area contributed by atoms with Crippen molar-refractivity contribution < 1.29 is 26.0 Å². The van der Waals surface area contributed by atoms with Crippen molar-refractivity contribution in [1.29, 1.82) is 0 Å². The number of benzene rings is 1. The smallest absolute Gasteiger partial charge is 0.330 e. The van der Waals surface area contributed by atoms with E-state index >= 15 is 0 Å². The van der Waals surface area contributed by atoms with Crippen molar-refractivity contribution in [2.24, 2.45) is 11.7 Å². The van der Waals surface area contributed by atoms with Gasteiger partial charge in [-0.25, -0.2) is 12.8 Å². The van der Waals surface area contributed by atoms with Gasteiger partial charge in [-0.1, -0.05) is 0 Å². The largest absolute Gasteiger partial charge is 0.419 e. The molecule has 0 unspecified atom stereocenters. The van der Waals surface area contributed by atoms with E-state index in [-0.39, 0.29) is 31.4 Å². The summed E-state index contributed by atoms with van der Waals surface area (Å²) in [6.45, 7) is 0.842. The second kappa shape index (κ2) is 7.33. The summed E-state index contributed by atoms with van der Waals surface area (Å²) in [7, 11) is -4.07. The van der Waals surface area contributed by atoms with Crippen LogP contribution in [0.15, 0.2) is 23.1 Å². The summed E-state index contributed by atoms with van der Waals surface area (Å²) in [5.74, 6) is -1.28. The van der Waals surface area contributed by atoms with Gasteiger partial charge >= 0.3 is 6.18 Å². The average Bonchev–Trinajstić information content (AvgIpc) is 2.46. The lowest BCUT2D eigenvalue weighted by Gasteiger charge is -2.30. The van der Waals surface area contributed by atoms with Crippen LogP contribution in [0.5, 0.6) is 0 Å². The Labute approximate surface area is 138 Å². The van der Waals surface area contributed by atoms with Crippen LogP contribution in [-0.4, -0.2) is 32.4 Å². The molecule has 0 aliphatic carbocycles. The van der Waals surface area contributed by atoms with Gasteiger partial charge < -0.3 is 5.73 Å². The normalized spacial score (nSPS) is 17.8. The molecule has 2 N–H and O–H groups in total. The first-order valence-corrected chi connectivity index (χ1v) is 8.17. The van der Waals surface area contributed by atoms with Crippen LogP contribution in [0.3, 0.4) is 0 Å². The van der Waals surface area contributed by atoms with Crippen molar-refractivity contribution in [3.05, 3.63) is 29.6 Å². The highest BCUT2D eigenvalue weighted by Crippen LogP contribution is 2.33. The minimum absolute atomic E-state index is 0. The molecule has 1 saturated heterocycles. The van der Waals surface area contributed by atoms with Crippen molar-refractivity contribution in [2.45, 2.75) is 23.9 Å². The van der Waals surface area contributed by atoms with E-state index < -0.39 is 32.5 Å². The Balaban J connectivity index is 0.00000264. The Morgan fingerprint density at radius 1 is 1.22 bits per heavy atom. The second-order valence-corrected chi connectivity index (χ2v) is 7.16. The monoisotopic (exact) mass is 376 g/mol. The third kappa shape index (κ3) is 4.34. The summed E-state index contributed by atoms with van der Waals surface area (Å²) >= 11 is 0. The van der Waals surface area contributed by atoms with Crippen molar-refractivity contribution >= 4 is 22.4 Å². The molecule has 0 bridgehead atoms. The van der Waals surface area contributed by atoms with E-state index in [1.54, 1.807) is 0 Å². The first-order valence-electron chi connectivity index (χ1n) is 6.73. The van der Waals surface area contributed by atoms with Crippen LogP contribution < -0.4 is 5.73 Å². The number of piperidine rings is 1. The average molecular weight is 377 g/mol. The van der Waals surface area contributed by atoms with Crippen molar-refractivity contribution in [3.8, 4) is 0 Å². The summed E-state index contributed by atoms with van der Waals surface area (Å²) in [4.78, 5) is -0.549. The lowest BCUT2D eigenvalue weighted by Crippen LogP contribution is -2.40. The van der Waals surface area contributed by atoms with Crippen LogP contribution in [0.25, 0.3) is 0 Å². The van der Waals surface area contributed by atoms with Gasteiger partial charge in [0.1, 0.15) is 5.82 Å². The molecule has 4 nitrogen and oxygen atoms in total. The molecule has 1 aromatic rings. The molecular formula is C13H17ClF4N2O2S. The van der Waals surface area contributed by atoms with Crippen LogP contribution in [0.2, 0.25) is 0 Å². The SMILES string of the molecule is Cl.NCC1CCN(S(=O)(=O)c2ccc(F)c(C(F)(F)F)c2)CC1. The van der Waals surface area contributed by atoms with E-state index in [0.717, 1.165) is 10.4 Å². The Bertz CT molecular complexity index is 644. The van der Waals surface area contributed by atoms with Gasteiger partial charge in [-0.3, -0.25) is 0 Å². The molecular weight excluding hydrogens is 360 g/mol. The maximum Gasteiger partial charge on any atom is 0.419 e.